The number of rotatable bonds is 13. The Hall–Kier alpha value is -7.00. The van der Waals surface area contributed by atoms with E-state index in [1.54, 1.807) is 13.8 Å². The fraction of sp³-hybridized carbons (Fsp3) is 0.852. The summed E-state index contributed by atoms with van der Waals surface area (Å²) in [6, 6.07) is -11.2. The molecule has 4 heterocycles. The molecule has 9 aliphatic rings. The van der Waals surface area contributed by atoms with Gasteiger partial charge in [0.1, 0.15) is 72.1 Å². The summed E-state index contributed by atoms with van der Waals surface area (Å²) in [5.74, 6) is -16.2. The van der Waals surface area contributed by atoms with Crippen LogP contribution in [-0.4, -0.2) is 301 Å². The van der Waals surface area contributed by atoms with Crippen molar-refractivity contribution in [1.82, 2.24) is 60.0 Å². The van der Waals surface area contributed by atoms with Gasteiger partial charge in [0.05, 0.1) is 44.7 Å². The van der Waals surface area contributed by atoms with Crippen LogP contribution in [0.3, 0.4) is 0 Å². The minimum Gasteiger partial charge on any atom is -0.378 e. The molecule has 4 unspecified atom stereocenters. The summed E-state index contributed by atoms with van der Waals surface area (Å²) in [6.07, 6.45) is -11.8. The lowest BCUT2D eigenvalue weighted by Crippen LogP contribution is -2.68. The van der Waals surface area contributed by atoms with Gasteiger partial charge in [0.15, 0.2) is 0 Å². The van der Waals surface area contributed by atoms with Crippen molar-refractivity contribution in [3.05, 3.63) is 0 Å². The average Bonchev–Trinajstić information content (AvgIpc) is 1.68. The number of carbonyl (C=O) groups excluding carboxylic acids is 12. The molecule has 5 saturated carbocycles. The molecule has 14 atom stereocenters. The van der Waals surface area contributed by atoms with Crippen molar-refractivity contribution in [2.24, 2.45) is 47.3 Å². The van der Waals surface area contributed by atoms with Gasteiger partial charge in [0.2, 0.25) is 70.9 Å². The van der Waals surface area contributed by atoms with Gasteiger partial charge in [0, 0.05) is 81.5 Å². The van der Waals surface area contributed by atoms with E-state index in [1.807, 2.05) is 6.92 Å². The maximum absolute atomic E-state index is 15.9. The van der Waals surface area contributed by atoms with Gasteiger partial charge in [-0.15, -0.1) is 0 Å². The summed E-state index contributed by atoms with van der Waals surface area (Å²) in [5, 5.41) is 8.59. The van der Waals surface area contributed by atoms with Crippen LogP contribution < -0.4 is 16.0 Å². The Kier molecular flexibility index (Phi) is 32.1. The van der Waals surface area contributed by atoms with E-state index < -0.39 is 230 Å². The Balaban J connectivity index is 1.12. The van der Waals surface area contributed by atoms with Gasteiger partial charge >= 0.3 is 12.4 Å². The Morgan fingerprint density at radius 3 is 1.81 bits per heavy atom. The van der Waals surface area contributed by atoms with Gasteiger partial charge in [-0.05, 0) is 158 Å². The number of nitrogens with zero attached hydrogens (tertiary/aromatic N) is 9. The predicted octanol–water partition coefficient (Wildman–Crippen LogP) is 7.52. The minimum atomic E-state index is -5.22. The molecule has 0 aromatic heterocycles. The van der Waals surface area contributed by atoms with Crippen LogP contribution >= 0.6 is 0 Å². The highest BCUT2D eigenvalue weighted by Crippen LogP contribution is 2.46. The topological polar surface area (TPSA) is 289 Å². The molecule has 9 fully saturated rings. The summed E-state index contributed by atoms with van der Waals surface area (Å²) in [7, 11) is 8.26. The van der Waals surface area contributed by atoms with E-state index >= 15 is 56.7 Å². The zero-order valence-corrected chi connectivity index (χ0v) is 68.9. The van der Waals surface area contributed by atoms with Gasteiger partial charge in [-0.3, -0.25) is 57.5 Å². The SMILES string of the molecule is CCO[C@@H]1C[C@H]2C(=O)NC3(CCC3)C(=O)N(C)[C@@H](C3CCCC3)C(=O)N(C)[C@H](C(=O)N3CCOCC3)CC(=O)N(C)[C@@H](CC3CCCC(C)C3)C(=O)N[C@@H]([C@@H](C)CC)C(=O)N(C)CC(=O)N(C)[C@H]3CCCCCN(C3=O)[C@@H](CC3CCC(C(F)(F)F)CC3)C(=O)N(C)CC(=O)N[C@@H](CCC3CC(F)C(C(F)(F)F)C(F)C3)C(=O)N2C1. The zero-order valence-electron chi connectivity index (χ0n) is 68.9. The molecule has 34 heteroatoms. The van der Waals surface area contributed by atoms with E-state index in [0.717, 1.165) is 40.4 Å². The average molecular weight is 1640 g/mol. The lowest BCUT2D eigenvalue weighted by molar-refractivity contribution is -0.219. The number of fused-ring (bicyclic) bond motifs is 3. The van der Waals surface area contributed by atoms with Crippen molar-refractivity contribution in [3.8, 4) is 0 Å². The van der Waals surface area contributed by atoms with E-state index in [1.165, 1.54) is 71.7 Å². The number of ether oxygens (including phenoxy) is 2. The molecule has 0 aromatic carbocycles. The van der Waals surface area contributed by atoms with Crippen molar-refractivity contribution >= 4 is 70.9 Å². The van der Waals surface area contributed by atoms with E-state index in [4.69, 9.17) is 9.47 Å². The van der Waals surface area contributed by atoms with E-state index in [2.05, 4.69) is 22.9 Å². The van der Waals surface area contributed by atoms with Crippen LogP contribution in [0.1, 0.15) is 207 Å². The summed E-state index contributed by atoms with van der Waals surface area (Å²) < 4.78 is 127. The van der Waals surface area contributed by atoms with Gasteiger partial charge in [-0.25, -0.2) is 8.78 Å². The van der Waals surface area contributed by atoms with Crippen LogP contribution in [0.2, 0.25) is 0 Å². The molecule has 9 rings (SSSR count). The molecule has 12 amide bonds. The minimum absolute atomic E-state index is 0.00965. The molecule has 650 valence electrons. The second kappa shape index (κ2) is 40.2. The molecule has 5 aliphatic carbocycles. The highest BCUT2D eigenvalue weighted by atomic mass is 19.4. The third-order valence-electron chi connectivity index (χ3n) is 27.0. The molecular weight excluding hydrogens is 1520 g/mol. The van der Waals surface area contributed by atoms with Crippen molar-refractivity contribution < 1.29 is 102 Å². The van der Waals surface area contributed by atoms with Crippen molar-refractivity contribution in [3.63, 3.8) is 0 Å². The molecule has 1 spiro atoms. The largest absolute Gasteiger partial charge is 0.397 e. The first kappa shape index (κ1) is 91.9. The lowest BCUT2D eigenvalue weighted by atomic mass is 9.74. The Labute approximate surface area is 671 Å². The number of hydrogen-bond donors (Lipinski definition) is 3. The number of halogens is 8. The van der Waals surface area contributed by atoms with E-state index in [9.17, 15) is 35.9 Å². The quantitative estimate of drug-likeness (QED) is 0.150. The van der Waals surface area contributed by atoms with Crippen molar-refractivity contribution in [2.75, 3.05) is 101 Å². The summed E-state index contributed by atoms with van der Waals surface area (Å²) in [5.41, 5.74) is -1.70. The lowest BCUT2D eigenvalue weighted by Gasteiger charge is -2.47. The molecule has 2 bridgehead atoms. The smallest absolute Gasteiger partial charge is 0.378 e. The summed E-state index contributed by atoms with van der Waals surface area (Å²) in [4.78, 5) is 196. The molecule has 3 N–H and O–H groups in total. The third kappa shape index (κ3) is 22.5. The van der Waals surface area contributed by atoms with Crippen LogP contribution in [0.4, 0.5) is 35.1 Å². The fourth-order valence-electron chi connectivity index (χ4n) is 19.6. The molecule has 4 aliphatic heterocycles. The second-order valence-corrected chi connectivity index (χ2v) is 35.0. The number of nitrogens with one attached hydrogen (secondary N) is 3. The molecular formula is C81H126F8N12O14. The maximum atomic E-state index is 15.9. The summed E-state index contributed by atoms with van der Waals surface area (Å²) in [6.45, 7) is 6.10. The second-order valence-electron chi connectivity index (χ2n) is 35.0. The first-order valence-corrected chi connectivity index (χ1v) is 42.3. The number of carbonyl (C=O) groups is 12. The number of likely N-dealkylation sites (N-methyl/N-ethyl adjacent to an activating group) is 6. The molecule has 0 aromatic rings. The van der Waals surface area contributed by atoms with Crippen molar-refractivity contribution in [1.29, 1.82) is 0 Å². The van der Waals surface area contributed by atoms with Crippen LogP contribution in [0.15, 0.2) is 0 Å². The first-order valence-electron chi connectivity index (χ1n) is 42.3. The first-order chi connectivity index (χ1) is 54.3. The Morgan fingerprint density at radius 1 is 0.574 bits per heavy atom. The Morgan fingerprint density at radius 2 is 1.21 bits per heavy atom. The van der Waals surface area contributed by atoms with Crippen LogP contribution in [0, 0.1) is 47.3 Å². The van der Waals surface area contributed by atoms with E-state index in [0.29, 0.717) is 57.8 Å². The summed E-state index contributed by atoms with van der Waals surface area (Å²) >= 11 is 0. The predicted molar refractivity (Wildman–Crippen MR) is 406 cm³/mol. The number of alkyl halides is 8. The van der Waals surface area contributed by atoms with Crippen LogP contribution in [-0.2, 0) is 67.0 Å². The van der Waals surface area contributed by atoms with Crippen LogP contribution in [0.25, 0.3) is 0 Å². The van der Waals surface area contributed by atoms with Gasteiger partial charge in [-0.1, -0.05) is 72.1 Å². The highest BCUT2D eigenvalue weighted by molar-refractivity contribution is 6.01. The standard InChI is InChI=1S/C81H126F8N12O14/c1-11-49(4)68-76(111)94(6)47-66(104)95(7)59-24-14-13-17-33-100(75(59)110)63(41-50-25-28-54(29-26-50)80(84,85)86)73(108)93(5)46-64(102)90-58(30-27-52-39-56(82)67(57(83)40-52)81(87,88)89)72(107)101-45-55(115-12-2)43-61(101)71(106)92-79(31-19-32-79)78(113)98(10)69(53-22-15-16-23-53)77(112)97(9)62(74(109)99-34-36-114-37-35-99)44-65(103)96(8)60(70(105)91-68)42-51-21-18-20-48(3)38-51/h48-63,67-69H,11-47H2,1-10H3,(H,90,102)(H,91,105)(H,92,106)/t48?,49-,50?,51?,52?,54?,55+,56?,57?,58-,59-,60-,61-,62-,63-,67?,68-,69-/m0/s1. The Bertz CT molecular complexity index is 3400. The molecule has 26 nitrogen and oxygen atoms in total. The highest BCUT2D eigenvalue weighted by Gasteiger charge is 2.57. The fourth-order valence-corrected chi connectivity index (χ4v) is 19.6. The van der Waals surface area contributed by atoms with Gasteiger partial charge in [-0.2, -0.15) is 26.3 Å². The zero-order chi connectivity index (χ0) is 84.3. The number of amides is 12. The molecule has 115 heavy (non-hydrogen) atoms. The number of morpholine rings is 1. The van der Waals surface area contributed by atoms with Gasteiger partial charge in [0.25, 0.3) is 0 Å². The monoisotopic (exact) mass is 1640 g/mol. The molecule has 0 radical (unpaired) electrons. The normalized spacial score (nSPS) is 33.5. The molecule has 4 saturated heterocycles. The van der Waals surface area contributed by atoms with Crippen LogP contribution in [0.5, 0.6) is 0 Å². The van der Waals surface area contributed by atoms with Gasteiger partial charge < -0.3 is 69.5 Å². The number of hydrogen-bond acceptors (Lipinski definition) is 14. The van der Waals surface area contributed by atoms with Crippen molar-refractivity contribution in [2.45, 2.75) is 292 Å². The van der Waals surface area contributed by atoms with E-state index in [-0.39, 0.29) is 128 Å². The third-order valence-corrected chi connectivity index (χ3v) is 27.0. The maximum Gasteiger partial charge on any atom is 0.397 e.